The first kappa shape index (κ1) is 19.3. The van der Waals surface area contributed by atoms with Crippen molar-refractivity contribution in [2.45, 2.75) is 59.1 Å². The number of alkyl carbamates (subject to hydrolysis) is 1. The van der Waals surface area contributed by atoms with Gasteiger partial charge in [-0.2, -0.15) is 0 Å². The molecule has 25 heavy (non-hydrogen) atoms. The van der Waals surface area contributed by atoms with Crippen LogP contribution in [0, 0.1) is 5.41 Å². The van der Waals surface area contributed by atoms with Gasteiger partial charge in [0.15, 0.2) is 0 Å². The minimum absolute atomic E-state index is 0.0312. The lowest BCUT2D eigenvalue weighted by atomic mass is 9.84. The van der Waals surface area contributed by atoms with Crippen molar-refractivity contribution in [3.63, 3.8) is 0 Å². The molecular weight excluding hydrogens is 316 g/mol. The van der Waals surface area contributed by atoms with Crippen LogP contribution in [0.15, 0.2) is 30.3 Å². The lowest BCUT2D eigenvalue weighted by Crippen LogP contribution is -2.41. The summed E-state index contributed by atoms with van der Waals surface area (Å²) in [4.78, 5) is 26.5. The highest BCUT2D eigenvalue weighted by Gasteiger charge is 2.44. The third-order valence-electron chi connectivity index (χ3n) is 4.86. The summed E-state index contributed by atoms with van der Waals surface area (Å²) >= 11 is 0. The van der Waals surface area contributed by atoms with Crippen LogP contribution in [0.25, 0.3) is 0 Å². The van der Waals surface area contributed by atoms with Crippen LogP contribution >= 0.6 is 0 Å². The molecule has 0 aromatic heterocycles. The van der Waals surface area contributed by atoms with Crippen molar-refractivity contribution in [2.75, 3.05) is 13.1 Å². The van der Waals surface area contributed by atoms with E-state index in [4.69, 9.17) is 4.74 Å². The largest absolute Gasteiger partial charge is 0.444 e. The molecule has 0 radical (unpaired) electrons. The summed E-state index contributed by atoms with van der Waals surface area (Å²) < 4.78 is 5.31. The second-order valence-electron chi connectivity index (χ2n) is 7.99. The fraction of sp³-hybridized carbons (Fsp3) is 0.600. The highest BCUT2D eigenvalue weighted by molar-refractivity contribution is 5.80. The number of carbonyl (C=O) groups excluding carboxylic acids is 2. The average Bonchev–Trinajstić information content (AvgIpc) is 2.89. The van der Waals surface area contributed by atoms with E-state index in [1.165, 1.54) is 0 Å². The van der Waals surface area contributed by atoms with Crippen LogP contribution < -0.4 is 5.32 Å². The Kier molecular flexibility index (Phi) is 5.76. The Morgan fingerprint density at radius 2 is 1.96 bits per heavy atom. The highest BCUT2D eigenvalue weighted by Crippen LogP contribution is 2.38. The van der Waals surface area contributed by atoms with Gasteiger partial charge in [-0.15, -0.1) is 0 Å². The second-order valence-corrected chi connectivity index (χ2v) is 7.99. The number of benzene rings is 1. The molecule has 2 amide bonds. The minimum Gasteiger partial charge on any atom is -0.444 e. The molecule has 0 bridgehead atoms. The van der Waals surface area contributed by atoms with Crippen molar-refractivity contribution >= 4 is 12.0 Å². The van der Waals surface area contributed by atoms with Gasteiger partial charge in [-0.1, -0.05) is 37.3 Å². The van der Waals surface area contributed by atoms with E-state index in [1.54, 1.807) is 0 Å². The molecule has 1 saturated heterocycles. The monoisotopic (exact) mass is 346 g/mol. The van der Waals surface area contributed by atoms with Gasteiger partial charge in [-0.05, 0) is 39.7 Å². The number of amides is 2. The first-order valence-electron chi connectivity index (χ1n) is 8.97. The number of likely N-dealkylation sites (tertiary alicyclic amines) is 1. The van der Waals surface area contributed by atoms with Gasteiger partial charge < -0.3 is 15.0 Å². The third-order valence-corrected chi connectivity index (χ3v) is 4.86. The number of ether oxygens (including phenoxy) is 1. The zero-order valence-electron chi connectivity index (χ0n) is 16.0. The Hall–Kier alpha value is -2.04. The average molecular weight is 346 g/mol. The number of nitrogens with zero attached hydrogens (tertiary/aromatic N) is 1. The smallest absolute Gasteiger partial charge is 0.407 e. The van der Waals surface area contributed by atoms with Crippen LogP contribution in [0.2, 0.25) is 0 Å². The summed E-state index contributed by atoms with van der Waals surface area (Å²) in [5.74, 6) is 0.143. The van der Waals surface area contributed by atoms with Crippen molar-refractivity contribution in [2.24, 2.45) is 5.41 Å². The molecule has 2 rings (SSSR count). The molecule has 1 unspecified atom stereocenters. The molecule has 5 nitrogen and oxygen atoms in total. The summed E-state index contributed by atoms with van der Waals surface area (Å²) in [7, 11) is 0. The third kappa shape index (κ3) is 4.97. The van der Waals surface area contributed by atoms with E-state index >= 15 is 0 Å². The number of hydrogen-bond donors (Lipinski definition) is 1. The van der Waals surface area contributed by atoms with Crippen LogP contribution in [0.1, 0.15) is 59.1 Å². The molecule has 0 spiro atoms. The molecule has 1 aliphatic heterocycles. The van der Waals surface area contributed by atoms with E-state index < -0.39 is 11.7 Å². The second kappa shape index (κ2) is 7.46. The van der Waals surface area contributed by atoms with Crippen LogP contribution in [0.5, 0.6) is 0 Å². The number of hydrogen-bond acceptors (Lipinski definition) is 3. The molecule has 0 aliphatic carbocycles. The standard InChI is InChI=1S/C20H30N2O3/c1-6-20(13-21-18(24)25-19(3,4)5)12-17(23)22(14-20)15(2)16-10-8-7-9-11-16/h7-11,15H,6,12-14H2,1-5H3,(H,21,24)/t15-,20?/m1/s1. The molecule has 1 fully saturated rings. The summed E-state index contributed by atoms with van der Waals surface area (Å²) in [5.41, 5.74) is 0.364. The molecule has 138 valence electrons. The summed E-state index contributed by atoms with van der Waals surface area (Å²) in [6.45, 7) is 10.7. The van der Waals surface area contributed by atoms with E-state index in [0.717, 1.165) is 12.0 Å². The molecule has 1 heterocycles. The Labute approximate surface area is 150 Å². The highest BCUT2D eigenvalue weighted by atomic mass is 16.6. The predicted molar refractivity (Wildman–Crippen MR) is 98.1 cm³/mol. The van der Waals surface area contributed by atoms with E-state index in [2.05, 4.69) is 19.2 Å². The molecular formula is C20H30N2O3. The molecule has 1 aromatic carbocycles. The minimum atomic E-state index is -0.525. The van der Waals surface area contributed by atoms with Gasteiger partial charge in [0, 0.05) is 24.9 Å². The summed E-state index contributed by atoms with van der Waals surface area (Å²) in [5, 5.41) is 2.85. The van der Waals surface area contributed by atoms with Gasteiger partial charge >= 0.3 is 6.09 Å². The van der Waals surface area contributed by atoms with Crippen molar-refractivity contribution in [1.82, 2.24) is 10.2 Å². The molecule has 5 heteroatoms. The van der Waals surface area contributed by atoms with Crippen LogP contribution in [-0.2, 0) is 9.53 Å². The van der Waals surface area contributed by atoms with Crippen molar-refractivity contribution in [1.29, 1.82) is 0 Å². The lowest BCUT2D eigenvalue weighted by molar-refractivity contribution is -0.129. The fourth-order valence-corrected chi connectivity index (χ4v) is 3.25. The maximum Gasteiger partial charge on any atom is 0.407 e. The first-order chi connectivity index (χ1) is 11.7. The topological polar surface area (TPSA) is 58.6 Å². The number of rotatable bonds is 5. The normalized spacial score (nSPS) is 22.0. The van der Waals surface area contributed by atoms with Crippen molar-refractivity contribution in [3.05, 3.63) is 35.9 Å². The van der Waals surface area contributed by atoms with Crippen molar-refractivity contribution in [3.8, 4) is 0 Å². The predicted octanol–water partition coefficient (Wildman–Crippen LogP) is 3.90. The fourth-order valence-electron chi connectivity index (χ4n) is 3.25. The van der Waals surface area contributed by atoms with E-state index in [1.807, 2.05) is 56.0 Å². The molecule has 1 N–H and O–H groups in total. The summed E-state index contributed by atoms with van der Waals surface area (Å²) in [6, 6.07) is 10.1. The SMILES string of the molecule is CCC1(CNC(=O)OC(C)(C)C)CC(=O)N([C@H](C)c2ccccc2)C1. The van der Waals surface area contributed by atoms with Gasteiger partial charge in [-0.3, -0.25) is 4.79 Å². The molecule has 1 aromatic rings. The van der Waals surface area contributed by atoms with Crippen LogP contribution in [0.3, 0.4) is 0 Å². The van der Waals surface area contributed by atoms with Gasteiger partial charge in [0.25, 0.3) is 0 Å². The van der Waals surface area contributed by atoms with Gasteiger partial charge in [-0.25, -0.2) is 4.79 Å². The van der Waals surface area contributed by atoms with Gasteiger partial charge in [0.1, 0.15) is 5.60 Å². The molecule has 0 saturated carbocycles. The summed E-state index contributed by atoms with van der Waals surface area (Å²) in [6.07, 6.45) is 0.852. The first-order valence-corrected chi connectivity index (χ1v) is 8.97. The number of nitrogens with one attached hydrogen (secondary N) is 1. The maximum atomic E-state index is 12.6. The quantitative estimate of drug-likeness (QED) is 0.879. The molecule has 2 atom stereocenters. The Morgan fingerprint density at radius 3 is 2.52 bits per heavy atom. The molecule has 1 aliphatic rings. The zero-order valence-corrected chi connectivity index (χ0v) is 16.0. The van der Waals surface area contributed by atoms with Crippen molar-refractivity contribution < 1.29 is 14.3 Å². The van der Waals surface area contributed by atoms with Crippen LogP contribution in [-0.4, -0.2) is 35.6 Å². The van der Waals surface area contributed by atoms with Gasteiger partial charge in [0.2, 0.25) is 5.91 Å². The maximum absolute atomic E-state index is 12.6. The Bertz CT molecular complexity index is 609. The zero-order chi connectivity index (χ0) is 18.7. The van der Waals surface area contributed by atoms with Gasteiger partial charge in [0.05, 0.1) is 6.04 Å². The Morgan fingerprint density at radius 1 is 1.32 bits per heavy atom. The lowest BCUT2D eigenvalue weighted by Gasteiger charge is -2.31. The number of carbonyl (C=O) groups is 2. The van der Waals surface area contributed by atoms with E-state index in [-0.39, 0.29) is 17.4 Å². The Balaban J connectivity index is 2.03. The van der Waals surface area contributed by atoms with E-state index in [9.17, 15) is 9.59 Å². The van der Waals surface area contributed by atoms with E-state index in [0.29, 0.717) is 19.5 Å². The van der Waals surface area contributed by atoms with Crippen LogP contribution in [0.4, 0.5) is 4.79 Å².